The average Bonchev–Trinajstić information content (AvgIpc) is 2.76. The van der Waals surface area contributed by atoms with Crippen molar-refractivity contribution in [3.8, 4) is 17.2 Å². The third-order valence-electron chi connectivity index (χ3n) is 5.23. The summed E-state index contributed by atoms with van der Waals surface area (Å²) in [5.41, 5.74) is 6.08. The number of nitrogens with one attached hydrogen (secondary N) is 1. The van der Waals surface area contributed by atoms with E-state index in [1.807, 2.05) is 0 Å². The first-order valence-corrected chi connectivity index (χ1v) is 9.61. The Morgan fingerprint density at radius 2 is 1.90 bits per heavy atom. The van der Waals surface area contributed by atoms with Gasteiger partial charge in [-0.3, -0.25) is 4.79 Å². The van der Waals surface area contributed by atoms with Crippen LogP contribution in [0.15, 0.2) is 42.7 Å². The van der Waals surface area contributed by atoms with Gasteiger partial charge >= 0.3 is 6.18 Å². The molecule has 1 aromatic carbocycles. The molecule has 0 spiro atoms. The molecule has 3 N–H and O–H groups in total. The summed E-state index contributed by atoms with van der Waals surface area (Å²) in [7, 11) is 0. The molecule has 31 heavy (non-hydrogen) atoms. The van der Waals surface area contributed by atoms with Crippen molar-refractivity contribution >= 4 is 17.5 Å². The van der Waals surface area contributed by atoms with Crippen molar-refractivity contribution in [2.45, 2.75) is 19.0 Å². The molecule has 0 unspecified atom stereocenters. The molecule has 1 aliphatic rings. The number of anilines is 2. The fourth-order valence-corrected chi connectivity index (χ4v) is 3.46. The third-order valence-corrected chi connectivity index (χ3v) is 5.23. The summed E-state index contributed by atoms with van der Waals surface area (Å²) in [6.45, 7) is 5.04. The number of nitrogens with zero attached hydrogens (tertiary/aromatic N) is 4. The molecule has 3 rings (SSSR count). The smallest absolute Gasteiger partial charge is 0.383 e. The minimum atomic E-state index is -4.42. The first-order valence-electron chi connectivity index (χ1n) is 9.61. The van der Waals surface area contributed by atoms with Gasteiger partial charge in [0.05, 0.1) is 11.1 Å². The second kappa shape index (κ2) is 9.04. The second-order valence-electron chi connectivity index (χ2n) is 7.26. The van der Waals surface area contributed by atoms with Gasteiger partial charge < -0.3 is 16.0 Å². The number of benzene rings is 1. The summed E-state index contributed by atoms with van der Waals surface area (Å²) < 4.78 is 38.5. The number of carbonyl (C=O) groups excluding carboxylic acids is 1. The van der Waals surface area contributed by atoms with E-state index >= 15 is 0 Å². The molecule has 0 bridgehead atoms. The van der Waals surface area contributed by atoms with E-state index in [-0.39, 0.29) is 23.2 Å². The van der Waals surface area contributed by atoms with Crippen molar-refractivity contribution in [2.24, 2.45) is 5.92 Å². The van der Waals surface area contributed by atoms with Gasteiger partial charge in [-0.05, 0) is 36.5 Å². The van der Waals surface area contributed by atoms with Crippen LogP contribution in [0.2, 0.25) is 0 Å². The number of nitrogens with two attached hydrogens (primary N) is 1. The average molecular weight is 430 g/mol. The molecule has 1 amide bonds. The van der Waals surface area contributed by atoms with Gasteiger partial charge in [0.1, 0.15) is 29.6 Å². The van der Waals surface area contributed by atoms with Gasteiger partial charge in [0.2, 0.25) is 0 Å². The maximum atomic E-state index is 12.8. The number of carbonyl (C=O) groups is 1. The third kappa shape index (κ3) is 5.12. The molecule has 0 radical (unpaired) electrons. The molecule has 1 aromatic heterocycles. The Labute approximate surface area is 177 Å². The van der Waals surface area contributed by atoms with Crippen LogP contribution in [0.4, 0.5) is 24.8 Å². The molecule has 2 heterocycles. The second-order valence-corrected chi connectivity index (χ2v) is 7.26. The number of hydrogen-bond donors (Lipinski definition) is 2. The molecule has 1 saturated heterocycles. The number of nitrogen functional groups attached to an aromatic ring is 1. The van der Waals surface area contributed by atoms with Crippen LogP contribution in [0.1, 0.15) is 18.4 Å². The molecule has 162 valence electrons. The lowest BCUT2D eigenvalue weighted by Crippen LogP contribution is -2.40. The molecule has 0 atom stereocenters. The van der Waals surface area contributed by atoms with E-state index in [2.05, 4.69) is 21.9 Å². The van der Waals surface area contributed by atoms with Crippen LogP contribution in [0.3, 0.4) is 0 Å². The van der Waals surface area contributed by atoms with E-state index in [1.54, 1.807) is 11.0 Å². The standard InChI is InChI=1S/C21H21F3N6O/c1-13(10-25)20(31)30-8-6-14(7-9-30)11-27-19-17(18(26)28-12-29-19)15-2-4-16(5-3-15)21(22,23)24/h2-5,12,14H,1,6-9,11H2,(H3,26,27,28,29). The van der Waals surface area contributed by atoms with Gasteiger partial charge in [0.25, 0.3) is 5.91 Å². The minimum absolute atomic E-state index is 0.0748. The Hall–Kier alpha value is -3.61. The van der Waals surface area contributed by atoms with Crippen molar-refractivity contribution in [3.63, 3.8) is 0 Å². The number of halogens is 3. The van der Waals surface area contributed by atoms with Crippen molar-refractivity contribution in [1.82, 2.24) is 14.9 Å². The van der Waals surface area contributed by atoms with Crippen LogP contribution in [0, 0.1) is 17.2 Å². The Morgan fingerprint density at radius 1 is 1.26 bits per heavy atom. The molecule has 10 heteroatoms. The van der Waals surface area contributed by atoms with Gasteiger partial charge in [-0.25, -0.2) is 9.97 Å². The summed E-state index contributed by atoms with van der Waals surface area (Å²) in [4.78, 5) is 21.8. The van der Waals surface area contributed by atoms with E-state index in [0.717, 1.165) is 25.0 Å². The predicted molar refractivity (Wildman–Crippen MR) is 109 cm³/mol. The first kappa shape index (κ1) is 22.1. The monoisotopic (exact) mass is 430 g/mol. The summed E-state index contributed by atoms with van der Waals surface area (Å²) >= 11 is 0. The van der Waals surface area contributed by atoms with Crippen LogP contribution < -0.4 is 11.1 Å². The lowest BCUT2D eigenvalue weighted by atomic mass is 9.96. The highest BCUT2D eigenvalue weighted by Gasteiger charge is 2.30. The van der Waals surface area contributed by atoms with Crippen LogP contribution in [0.25, 0.3) is 11.1 Å². The van der Waals surface area contributed by atoms with Crippen LogP contribution in [0.5, 0.6) is 0 Å². The number of rotatable bonds is 5. The molecule has 0 aliphatic carbocycles. The summed E-state index contributed by atoms with van der Waals surface area (Å²) in [6, 6.07) is 6.44. The van der Waals surface area contributed by atoms with E-state index < -0.39 is 11.7 Å². The van der Waals surface area contributed by atoms with E-state index in [1.165, 1.54) is 18.5 Å². The van der Waals surface area contributed by atoms with Crippen LogP contribution >= 0.6 is 0 Å². The fourth-order valence-electron chi connectivity index (χ4n) is 3.46. The topological polar surface area (TPSA) is 108 Å². The maximum absolute atomic E-state index is 12.8. The molecule has 2 aromatic rings. The SMILES string of the molecule is C=C(C#N)C(=O)N1CCC(CNc2ncnc(N)c2-c2ccc(C(F)(F)F)cc2)CC1. The molecular weight excluding hydrogens is 409 g/mol. The molecular formula is C21H21F3N6O. The van der Waals surface area contributed by atoms with Gasteiger partial charge in [-0.2, -0.15) is 18.4 Å². The van der Waals surface area contributed by atoms with E-state index in [4.69, 9.17) is 11.0 Å². The largest absolute Gasteiger partial charge is 0.416 e. The number of piperidine rings is 1. The van der Waals surface area contributed by atoms with Crippen LogP contribution in [-0.2, 0) is 11.0 Å². The number of aromatic nitrogens is 2. The van der Waals surface area contributed by atoms with Gasteiger partial charge in [0, 0.05) is 19.6 Å². The Bertz CT molecular complexity index is 1010. The molecule has 7 nitrogen and oxygen atoms in total. The summed E-state index contributed by atoms with van der Waals surface area (Å²) in [5.74, 6) is 0.495. The Balaban J connectivity index is 1.68. The highest BCUT2D eigenvalue weighted by molar-refractivity contribution is 5.96. The molecule has 1 fully saturated rings. The van der Waals surface area contributed by atoms with Crippen molar-refractivity contribution in [3.05, 3.63) is 48.3 Å². The van der Waals surface area contributed by atoms with Gasteiger partial charge in [-0.1, -0.05) is 18.7 Å². The van der Waals surface area contributed by atoms with Crippen molar-refractivity contribution in [1.29, 1.82) is 5.26 Å². The molecule has 0 saturated carbocycles. The molecule has 1 aliphatic heterocycles. The maximum Gasteiger partial charge on any atom is 0.416 e. The van der Waals surface area contributed by atoms with Crippen LogP contribution in [-0.4, -0.2) is 40.4 Å². The van der Waals surface area contributed by atoms with Crippen molar-refractivity contribution in [2.75, 3.05) is 30.7 Å². The van der Waals surface area contributed by atoms with Gasteiger partial charge in [-0.15, -0.1) is 0 Å². The Kier molecular flexibility index (Phi) is 6.44. The predicted octanol–water partition coefficient (Wildman–Crippen LogP) is 3.47. The number of likely N-dealkylation sites (tertiary alicyclic amines) is 1. The zero-order valence-corrected chi connectivity index (χ0v) is 16.6. The zero-order chi connectivity index (χ0) is 22.6. The summed E-state index contributed by atoms with van der Waals surface area (Å²) in [5, 5.41) is 12.0. The Morgan fingerprint density at radius 3 is 2.48 bits per heavy atom. The van der Waals surface area contributed by atoms with E-state index in [9.17, 15) is 18.0 Å². The number of alkyl halides is 3. The highest BCUT2D eigenvalue weighted by Crippen LogP contribution is 2.34. The number of amides is 1. The van der Waals surface area contributed by atoms with Gasteiger partial charge in [0.15, 0.2) is 0 Å². The van der Waals surface area contributed by atoms with E-state index in [0.29, 0.717) is 36.6 Å². The number of hydrogen-bond acceptors (Lipinski definition) is 6. The fraction of sp³-hybridized carbons (Fsp3) is 0.333. The first-order chi connectivity index (χ1) is 14.7. The van der Waals surface area contributed by atoms with Crippen molar-refractivity contribution < 1.29 is 18.0 Å². The lowest BCUT2D eigenvalue weighted by Gasteiger charge is -2.32. The number of nitriles is 1. The normalized spacial score (nSPS) is 14.7. The minimum Gasteiger partial charge on any atom is -0.383 e. The highest BCUT2D eigenvalue weighted by atomic mass is 19.4. The lowest BCUT2D eigenvalue weighted by molar-refractivity contribution is -0.137. The quantitative estimate of drug-likeness (QED) is 0.556. The zero-order valence-electron chi connectivity index (χ0n) is 16.6. The summed E-state index contributed by atoms with van der Waals surface area (Å²) in [6.07, 6.45) is -1.67.